The normalized spacial score (nSPS) is 16.6. The standard InChI is InChI=1S/C18H23Cl3N2O6/c1-27-14-7-12(17(26)23-5-2-3-11(23)9-24)13(22)8-15(14)28-6-4-16(25)29-10-18(19,20)21/h7-8,11,24H,2-6,9-10,22H2,1H3/t11-/m0/s1. The summed E-state index contributed by atoms with van der Waals surface area (Å²) in [7, 11) is 1.42. The number of alkyl halides is 3. The van der Waals surface area contributed by atoms with Crippen LogP contribution in [-0.4, -0.2) is 65.2 Å². The number of nitrogens with two attached hydrogens (primary N) is 1. The van der Waals surface area contributed by atoms with Crippen molar-refractivity contribution in [1.29, 1.82) is 0 Å². The number of benzene rings is 1. The molecule has 0 unspecified atom stereocenters. The summed E-state index contributed by atoms with van der Waals surface area (Å²) >= 11 is 16.6. The molecule has 0 aromatic heterocycles. The van der Waals surface area contributed by atoms with Crippen LogP contribution in [0.3, 0.4) is 0 Å². The highest BCUT2D eigenvalue weighted by molar-refractivity contribution is 6.67. The molecular weight excluding hydrogens is 447 g/mol. The predicted octanol–water partition coefficient (Wildman–Crippen LogP) is 2.56. The van der Waals surface area contributed by atoms with Gasteiger partial charge in [0.2, 0.25) is 3.79 Å². The van der Waals surface area contributed by atoms with E-state index in [2.05, 4.69) is 0 Å². The molecule has 1 aromatic carbocycles. The number of carbonyl (C=O) groups is 2. The van der Waals surface area contributed by atoms with Crippen LogP contribution in [0.1, 0.15) is 29.6 Å². The van der Waals surface area contributed by atoms with Crippen LogP contribution in [-0.2, 0) is 9.53 Å². The largest absolute Gasteiger partial charge is 0.493 e. The van der Waals surface area contributed by atoms with E-state index in [9.17, 15) is 14.7 Å². The van der Waals surface area contributed by atoms with Gasteiger partial charge in [-0.1, -0.05) is 34.8 Å². The molecule has 8 nitrogen and oxygen atoms in total. The Hall–Kier alpha value is -1.61. The molecule has 0 radical (unpaired) electrons. The van der Waals surface area contributed by atoms with Crippen LogP contribution in [0.5, 0.6) is 11.5 Å². The number of anilines is 1. The number of methoxy groups -OCH3 is 1. The van der Waals surface area contributed by atoms with E-state index in [1.165, 1.54) is 19.2 Å². The third-order valence-electron chi connectivity index (χ3n) is 4.38. The lowest BCUT2D eigenvalue weighted by Gasteiger charge is -2.24. The number of rotatable bonds is 8. The average molecular weight is 470 g/mol. The van der Waals surface area contributed by atoms with Crippen molar-refractivity contribution in [2.75, 3.05) is 39.2 Å². The van der Waals surface area contributed by atoms with Gasteiger partial charge < -0.3 is 30.0 Å². The molecule has 3 N–H and O–H groups in total. The van der Waals surface area contributed by atoms with Gasteiger partial charge in [-0.25, -0.2) is 0 Å². The summed E-state index contributed by atoms with van der Waals surface area (Å²) in [6, 6.07) is 2.73. The van der Waals surface area contributed by atoms with Gasteiger partial charge in [0.15, 0.2) is 11.5 Å². The fraction of sp³-hybridized carbons (Fsp3) is 0.556. The lowest BCUT2D eigenvalue weighted by Crippen LogP contribution is -2.38. The number of halogens is 3. The van der Waals surface area contributed by atoms with E-state index in [1.54, 1.807) is 4.90 Å². The first-order valence-corrected chi connectivity index (χ1v) is 10.0. The molecule has 0 aliphatic carbocycles. The van der Waals surface area contributed by atoms with Crippen molar-refractivity contribution in [2.45, 2.75) is 29.1 Å². The van der Waals surface area contributed by atoms with Crippen molar-refractivity contribution in [3.05, 3.63) is 17.7 Å². The smallest absolute Gasteiger partial charge is 0.309 e. The number of amides is 1. The molecule has 29 heavy (non-hydrogen) atoms. The van der Waals surface area contributed by atoms with Gasteiger partial charge in [0.25, 0.3) is 5.91 Å². The van der Waals surface area contributed by atoms with Crippen molar-refractivity contribution in [3.63, 3.8) is 0 Å². The Labute approximate surface area is 183 Å². The number of nitrogen functional groups attached to an aromatic ring is 1. The maximum atomic E-state index is 12.8. The number of likely N-dealkylation sites (tertiary alicyclic amines) is 1. The summed E-state index contributed by atoms with van der Waals surface area (Å²) in [5.74, 6) is -0.314. The summed E-state index contributed by atoms with van der Waals surface area (Å²) in [4.78, 5) is 26.1. The highest BCUT2D eigenvalue weighted by Gasteiger charge is 2.30. The molecule has 1 saturated heterocycles. The minimum absolute atomic E-state index is 0.0273. The average Bonchev–Trinajstić information content (AvgIpc) is 3.14. The molecule has 0 saturated carbocycles. The minimum atomic E-state index is -1.68. The Morgan fingerprint density at radius 1 is 1.31 bits per heavy atom. The van der Waals surface area contributed by atoms with Crippen LogP contribution in [0, 0.1) is 0 Å². The quantitative estimate of drug-likeness (QED) is 0.342. The second kappa shape index (κ2) is 10.4. The van der Waals surface area contributed by atoms with Crippen molar-refractivity contribution >= 4 is 52.4 Å². The molecule has 1 heterocycles. The molecule has 0 spiro atoms. The number of aliphatic hydroxyl groups excluding tert-OH is 1. The van der Waals surface area contributed by atoms with Gasteiger partial charge in [0, 0.05) is 18.3 Å². The Bertz CT molecular complexity index is 741. The number of carbonyl (C=O) groups excluding carboxylic acids is 2. The molecule has 11 heteroatoms. The van der Waals surface area contributed by atoms with Crippen LogP contribution in [0.25, 0.3) is 0 Å². The highest BCUT2D eigenvalue weighted by atomic mass is 35.6. The van der Waals surface area contributed by atoms with E-state index in [1.807, 2.05) is 0 Å². The van der Waals surface area contributed by atoms with E-state index in [-0.39, 0.29) is 60.9 Å². The second-order valence-electron chi connectivity index (χ2n) is 6.44. The van der Waals surface area contributed by atoms with Crippen LogP contribution < -0.4 is 15.2 Å². The van der Waals surface area contributed by atoms with Crippen LogP contribution >= 0.6 is 34.8 Å². The predicted molar refractivity (Wildman–Crippen MR) is 110 cm³/mol. The van der Waals surface area contributed by atoms with Crippen LogP contribution in [0.15, 0.2) is 12.1 Å². The molecule has 2 rings (SSSR count). The maximum Gasteiger partial charge on any atom is 0.309 e. The molecule has 1 aliphatic heterocycles. The molecule has 1 aliphatic rings. The van der Waals surface area contributed by atoms with Crippen molar-refractivity contribution < 1.29 is 28.9 Å². The van der Waals surface area contributed by atoms with Crippen LogP contribution in [0.4, 0.5) is 5.69 Å². The first kappa shape index (κ1) is 23.7. The van der Waals surface area contributed by atoms with Gasteiger partial charge in [0.05, 0.1) is 38.3 Å². The summed E-state index contributed by atoms with van der Waals surface area (Å²) in [5, 5.41) is 9.44. The summed E-state index contributed by atoms with van der Waals surface area (Å²) < 4.78 is 14.0. The molecule has 1 amide bonds. The van der Waals surface area contributed by atoms with Crippen molar-refractivity contribution in [1.82, 2.24) is 4.90 Å². The maximum absolute atomic E-state index is 12.8. The van der Waals surface area contributed by atoms with Crippen LogP contribution in [0.2, 0.25) is 0 Å². The lowest BCUT2D eigenvalue weighted by atomic mass is 10.1. The minimum Gasteiger partial charge on any atom is -0.493 e. The zero-order chi connectivity index (χ0) is 21.6. The Morgan fingerprint density at radius 2 is 2.03 bits per heavy atom. The van der Waals surface area contributed by atoms with Gasteiger partial charge in [0.1, 0.15) is 6.61 Å². The topological polar surface area (TPSA) is 111 Å². The van der Waals surface area contributed by atoms with Gasteiger partial charge in [-0.2, -0.15) is 0 Å². The summed E-state index contributed by atoms with van der Waals surface area (Å²) in [5.41, 5.74) is 6.51. The third kappa shape index (κ3) is 6.70. The van der Waals surface area contributed by atoms with E-state index in [0.29, 0.717) is 6.54 Å². The first-order valence-electron chi connectivity index (χ1n) is 8.90. The van der Waals surface area contributed by atoms with Crippen molar-refractivity contribution in [2.24, 2.45) is 0 Å². The fourth-order valence-electron chi connectivity index (χ4n) is 2.96. The molecular formula is C18H23Cl3N2O6. The highest BCUT2D eigenvalue weighted by Crippen LogP contribution is 2.34. The van der Waals surface area contributed by atoms with E-state index in [0.717, 1.165) is 12.8 Å². The molecule has 1 fully saturated rings. The van der Waals surface area contributed by atoms with E-state index < -0.39 is 9.76 Å². The zero-order valence-electron chi connectivity index (χ0n) is 15.8. The van der Waals surface area contributed by atoms with Crippen molar-refractivity contribution in [3.8, 4) is 11.5 Å². The monoisotopic (exact) mass is 468 g/mol. The lowest BCUT2D eigenvalue weighted by molar-refractivity contribution is -0.144. The zero-order valence-corrected chi connectivity index (χ0v) is 18.1. The number of esters is 1. The molecule has 1 aromatic rings. The fourth-order valence-corrected chi connectivity index (χ4v) is 3.12. The van der Waals surface area contributed by atoms with Gasteiger partial charge in [-0.05, 0) is 18.9 Å². The van der Waals surface area contributed by atoms with E-state index >= 15 is 0 Å². The first-order chi connectivity index (χ1) is 13.7. The van der Waals surface area contributed by atoms with Gasteiger partial charge in [-0.3, -0.25) is 9.59 Å². The number of hydrogen-bond acceptors (Lipinski definition) is 7. The number of ether oxygens (including phenoxy) is 3. The molecule has 0 bridgehead atoms. The molecule has 1 atom stereocenters. The van der Waals surface area contributed by atoms with Gasteiger partial charge in [-0.15, -0.1) is 0 Å². The summed E-state index contributed by atoms with van der Waals surface area (Å²) in [6.45, 7) is 0.0636. The van der Waals surface area contributed by atoms with Gasteiger partial charge >= 0.3 is 5.97 Å². The Balaban J connectivity index is 2.02. The number of nitrogens with zero attached hydrogens (tertiary/aromatic N) is 1. The summed E-state index contributed by atoms with van der Waals surface area (Å²) in [6.07, 6.45) is 1.48. The molecule has 162 valence electrons. The third-order valence-corrected chi connectivity index (χ3v) is 4.70. The SMILES string of the molecule is COc1cc(C(=O)N2CCC[C@H]2CO)c(N)cc1OCCC(=O)OCC(Cl)(Cl)Cl. The number of aliphatic hydroxyl groups is 1. The Kier molecular flexibility index (Phi) is 8.51. The van der Waals surface area contributed by atoms with E-state index in [4.69, 9.17) is 54.7 Å². The number of hydrogen-bond donors (Lipinski definition) is 2. The second-order valence-corrected chi connectivity index (χ2v) is 8.96. The Morgan fingerprint density at radius 3 is 2.66 bits per heavy atom.